The van der Waals surface area contributed by atoms with Crippen LogP contribution in [0, 0.1) is 0 Å². The molecule has 1 aliphatic rings. The van der Waals surface area contributed by atoms with Crippen molar-refractivity contribution in [3.8, 4) is 0 Å². The molecule has 2 aromatic carbocycles. The van der Waals surface area contributed by atoms with Gasteiger partial charge in [-0.05, 0) is 36.1 Å². The number of rotatable bonds is 1. The Hall–Kier alpha value is -1.86. The van der Waals surface area contributed by atoms with Crippen LogP contribution in [0.5, 0.6) is 0 Å². The Balaban J connectivity index is 1.94. The third kappa shape index (κ3) is 1.82. The van der Waals surface area contributed by atoms with E-state index in [9.17, 15) is 0 Å². The average Bonchev–Trinajstić information content (AvgIpc) is 2.86. The molecule has 19 heavy (non-hydrogen) atoms. The molecular formula is C18H14S. The molecule has 92 valence electrons. The Kier molecular flexibility index (Phi) is 2.52. The van der Waals surface area contributed by atoms with Crippen LogP contribution in [0.3, 0.4) is 0 Å². The molecule has 0 radical (unpaired) electrons. The van der Waals surface area contributed by atoms with Crippen LogP contribution in [0.4, 0.5) is 0 Å². The average molecular weight is 262 g/mol. The minimum absolute atomic E-state index is 1.16. The molecule has 1 heteroatoms. The Morgan fingerprint density at radius 3 is 2.63 bits per heavy atom. The molecule has 1 aromatic heterocycles. The first kappa shape index (κ1) is 11.0. The van der Waals surface area contributed by atoms with Crippen molar-refractivity contribution in [1.29, 1.82) is 0 Å². The quantitative estimate of drug-likeness (QED) is 0.521. The third-order valence-corrected chi connectivity index (χ3v) is 4.84. The first-order valence-electron chi connectivity index (χ1n) is 6.70. The highest BCUT2D eigenvalue weighted by molar-refractivity contribution is 7.25. The summed E-state index contributed by atoms with van der Waals surface area (Å²) in [5.41, 5.74) is 2.71. The Morgan fingerprint density at radius 2 is 1.74 bits per heavy atom. The van der Waals surface area contributed by atoms with Crippen LogP contribution in [-0.4, -0.2) is 0 Å². The molecule has 0 amide bonds. The summed E-state index contributed by atoms with van der Waals surface area (Å²) in [7, 11) is 0. The lowest BCUT2D eigenvalue weighted by Crippen LogP contribution is -1.85. The number of allylic oxidation sites excluding steroid dienone is 4. The van der Waals surface area contributed by atoms with Crippen LogP contribution in [0.25, 0.3) is 25.7 Å². The van der Waals surface area contributed by atoms with Crippen molar-refractivity contribution in [2.45, 2.75) is 12.8 Å². The van der Waals surface area contributed by atoms with E-state index in [1.165, 1.54) is 37.7 Å². The molecule has 0 nitrogen and oxygen atoms in total. The molecule has 0 saturated heterocycles. The van der Waals surface area contributed by atoms with Gasteiger partial charge in [-0.3, -0.25) is 0 Å². The van der Waals surface area contributed by atoms with E-state index >= 15 is 0 Å². The van der Waals surface area contributed by atoms with Gasteiger partial charge in [0.05, 0.1) is 0 Å². The van der Waals surface area contributed by atoms with Gasteiger partial charge < -0.3 is 0 Å². The van der Waals surface area contributed by atoms with Crippen molar-refractivity contribution in [3.63, 3.8) is 0 Å². The lowest BCUT2D eigenvalue weighted by Gasteiger charge is -2.07. The Bertz CT molecular complexity index is 818. The van der Waals surface area contributed by atoms with Gasteiger partial charge in [0.1, 0.15) is 0 Å². The van der Waals surface area contributed by atoms with Crippen LogP contribution in [0.15, 0.2) is 60.7 Å². The van der Waals surface area contributed by atoms with Gasteiger partial charge in [0, 0.05) is 20.2 Å². The fourth-order valence-corrected chi connectivity index (χ4v) is 3.88. The van der Waals surface area contributed by atoms with Crippen molar-refractivity contribution in [2.75, 3.05) is 0 Å². The molecular weight excluding hydrogens is 248 g/mol. The van der Waals surface area contributed by atoms with Crippen LogP contribution >= 0.6 is 11.3 Å². The zero-order valence-corrected chi connectivity index (χ0v) is 11.4. The van der Waals surface area contributed by atoms with Gasteiger partial charge in [-0.1, -0.05) is 48.6 Å². The standard InChI is InChI=1S/C18H14S/c1-2-6-13(7-3-1)14-10-11-16-15-8-4-5-9-17(15)19-18(16)12-14/h2,4-12H,1,3H2. The molecule has 0 atom stereocenters. The second-order valence-corrected chi connectivity index (χ2v) is 6.03. The van der Waals surface area contributed by atoms with Gasteiger partial charge >= 0.3 is 0 Å². The summed E-state index contributed by atoms with van der Waals surface area (Å²) in [4.78, 5) is 0. The van der Waals surface area contributed by atoms with Gasteiger partial charge in [-0.15, -0.1) is 11.3 Å². The largest absolute Gasteiger partial charge is 0.135 e. The highest BCUT2D eigenvalue weighted by atomic mass is 32.1. The van der Waals surface area contributed by atoms with E-state index in [0.717, 1.165) is 6.42 Å². The molecule has 0 unspecified atom stereocenters. The normalized spacial score (nSPS) is 15.1. The van der Waals surface area contributed by atoms with Crippen LogP contribution in [-0.2, 0) is 0 Å². The lowest BCUT2D eigenvalue weighted by molar-refractivity contribution is 1.04. The van der Waals surface area contributed by atoms with E-state index in [1.807, 2.05) is 11.3 Å². The second kappa shape index (κ2) is 4.36. The van der Waals surface area contributed by atoms with Crippen molar-refractivity contribution in [1.82, 2.24) is 0 Å². The number of thiophene rings is 1. The van der Waals surface area contributed by atoms with Gasteiger partial charge in [-0.2, -0.15) is 0 Å². The highest BCUT2D eigenvalue weighted by Crippen LogP contribution is 2.35. The molecule has 0 saturated carbocycles. The summed E-state index contributed by atoms with van der Waals surface area (Å²) < 4.78 is 2.77. The van der Waals surface area contributed by atoms with Crippen molar-refractivity contribution < 1.29 is 0 Å². The summed E-state index contributed by atoms with van der Waals surface area (Å²) in [6, 6.07) is 15.5. The summed E-state index contributed by atoms with van der Waals surface area (Å²) in [6.07, 6.45) is 9.20. The summed E-state index contributed by atoms with van der Waals surface area (Å²) in [5, 5.41) is 2.76. The zero-order valence-electron chi connectivity index (χ0n) is 10.6. The maximum Gasteiger partial charge on any atom is 0.0361 e. The summed E-state index contributed by atoms with van der Waals surface area (Å²) in [5.74, 6) is 0. The SMILES string of the molecule is C1=CC(c2ccc3c(c2)sc2ccccc23)=CCC1. The fourth-order valence-electron chi connectivity index (χ4n) is 2.73. The Labute approximate surface area is 116 Å². The van der Waals surface area contributed by atoms with Crippen molar-refractivity contribution in [2.24, 2.45) is 0 Å². The highest BCUT2D eigenvalue weighted by Gasteiger charge is 2.07. The van der Waals surface area contributed by atoms with Gasteiger partial charge in [0.2, 0.25) is 0 Å². The number of hydrogen-bond acceptors (Lipinski definition) is 1. The molecule has 3 aromatic rings. The number of fused-ring (bicyclic) bond motifs is 3. The van der Waals surface area contributed by atoms with E-state index in [4.69, 9.17) is 0 Å². The molecule has 1 heterocycles. The lowest BCUT2D eigenvalue weighted by atomic mass is 9.99. The van der Waals surface area contributed by atoms with Gasteiger partial charge in [0.25, 0.3) is 0 Å². The van der Waals surface area contributed by atoms with E-state index in [-0.39, 0.29) is 0 Å². The molecule has 4 rings (SSSR count). The van der Waals surface area contributed by atoms with Gasteiger partial charge in [0.15, 0.2) is 0 Å². The summed E-state index contributed by atoms with van der Waals surface area (Å²) in [6.45, 7) is 0. The van der Waals surface area contributed by atoms with Crippen LogP contribution < -0.4 is 0 Å². The number of hydrogen-bond donors (Lipinski definition) is 0. The third-order valence-electron chi connectivity index (χ3n) is 3.71. The van der Waals surface area contributed by atoms with E-state index in [1.54, 1.807) is 0 Å². The van der Waals surface area contributed by atoms with Crippen molar-refractivity contribution >= 4 is 37.1 Å². The molecule has 0 N–H and O–H groups in total. The smallest absolute Gasteiger partial charge is 0.0361 e. The predicted molar refractivity (Wildman–Crippen MR) is 85.7 cm³/mol. The monoisotopic (exact) mass is 262 g/mol. The summed E-state index contributed by atoms with van der Waals surface area (Å²) >= 11 is 1.89. The van der Waals surface area contributed by atoms with Crippen molar-refractivity contribution in [3.05, 3.63) is 66.3 Å². The van der Waals surface area contributed by atoms with E-state index < -0.39 is 0 Å². The maximum atomic E-state index is 2.34. The maximum absolute atomic E-state index is 2.34. The first-order valence-corrected chi connectivity index (χ1v) is 7.52. The van der Waals surface area contributed by atoms with Crippen LogP contribution in [0.1, 0.15) is 18.4 Å². The van der Waals surface area contributed by atoms with Crippen LogP contribution in [0.2, 0.25) is 0 Å². The second-order valence-electron chi connectivity index (χ2n) is 4.95. The molecule has 0 spiro atoms. The molecule has 0 fully saturated rings. The van der Waals surface area contributed by atoms with E-state index in [2.05, 4.69) is 60.7 Å². The first-order chi connectivity index (χ1) is 9.42. The molecule has 0 bridgehead atoms. The van der Waals surface area contributed by atoms with Gasteiger partial charge in [-0.25, -0.2) is 0 Å². The Morgan fingerprint density at radius 1 is 0.842 bits per heavy atom. The minimum Gasteiger partial charge on any atom is -0.135 e. The fraction of sp³-hybridized carbons (Fsp3) is 0.111. The zero-order chi connectivity index (χ0) is 12.7. The molecule has 1 aliphatic carbocycles. The minimum atomic E-state index is 1.16. The predicted octanol–water partition coefficient (Wildman–Crippen LogP) is 5.79. The molecule has 0 aliphatic heterocycles. The van der Waals surface area contributed by atoms with E-state index in [0.29, 0.717) is 0 Å². The number of benzene rings is 2. The topological polar surface area (TPSA) is 0 Å².